The van der Waals surface area contributed by atoms with Crippen molar-refractivity contribution in [2.24, 2.45) is 0 Å². The lowest BCUT2D eigenvalue weighted by molar-refractivity contribution is -0.118. The topological polar surface area (TPSA) is 80.3 Å². The molecule has 0 unspecified atom stereocenters. The van der Waals surface area contributed by atoms with Gasteiger partial charge in [0.25, 0.3) is 0 Å². The Bertz CT molecular complexity index is 1210. The third-order valence-electron chi connectivity index (χ3n) is 4.88. The van der Waals surface area contributed by atoms with Crippen molar-refractivity contribution in [3.8, 4) is 0 Å². The number of aromatic nitrogens is 1. The molecule has 1 atom stereocenters. The second kappa shape index (κ2) is 10.1. The monoisotopic (exact) mass is 445 g/mol. The summed E-state index contributed by atoms with van der Waals surface area (Å²) in [5.74, 6) is -0.346. The fourth-order valence-electron chi connectivity index (χ4n) is 3.24. The molecule has 0 aliphatic heterocycles. The summed E-state index contributed by atoms with van der Waals surface area (Å²) in [5, 5.41) is 6.04. The molecule has 4 aromatic rings. The van der Waals surface area contributed by atoms with Gasteiger partial charge in [0.15, 0.2) is 5.13 Å². The third kappa shape index (κ3) is 5.70. The first-order valence-corrected chi connectivity index (χ1v) is 11.1. The summed E-state index contributed by atoms with van der Waals surface area (Å²) in [6.45, 7) is 2.14. The van der Waals surface area contributed by atoms with Gasteiger partial charge in [-0.3, -0.25) is 4.79 Å². The van der Waals surface area contributed by atoms with Crippen LogP contribution in [0.15, 0.2) is 78.9 Å². The summed E-state index contributed by atoms with van der Waals surface area (Å²) in [6, 6.07) is 24.1. The van der Waals surface area contributed by atoms with Crippen molar-refractivity contribution >= 4 is 38.7 Å². The van der Waals surface area contributed by atoms with Crippen LogP contribution in [0.4, 0.5) is 9.93 Å². The average molecular weight is 446 g/mol. The van der Waals surface area contributed by atoms with E-state index in [0.717, 1.165) is 26.9 Å². The molecule has 0 spiro atoms. The van der Waals surface area contributed by atoms with Gasteiger partial charge in [-0.1, -0.05) is 78.1 Å². The molecule has 2 N–H and O–H groups in total. The quantitative estimate of drug-likeness (QED) is 0.416. The number of nitrogens with zero attached hydrogens (tertiary/aromatic N) is 1. The van der Waals surface area contributed by atoms with Crippen molar-refractivity contribution in [1.29, 1.82) is 0 Å². The first kappa shape index (κ1) is 21.5. The van der Waals surface area contributed by atoms with Crippen LogP contribution in [-0.2, 0) is 22.6 Å². The highest BCUT2D eigenvalue weighted by molar-refractivity contribution is 7.22. The van der Waals surface area contributed by atoms with Crippen molar-refractivity contribution in [3.63, 3.8) is 0 Å². The fraction of sp³-hybridized carbons (Fsp3) is 0.160. The van der Waals surface area contributed by atoms with E-state index in [-0.39, 0.29) is 12.5 Å². The second-order valence-corrected chi connectivity index (χ2v) is 8.46. The Morgan fingerprint density at radius 1 is 0.969 bits per heavy atom. The molecule has 32 heavy (non-hydrogen) atoms. The van der Waals surface area contributed by atoms with Crippen LogP contribution in [0.5, 0.6) is 0 Å². The van der Waals surface area contributed by atoms with Gasteiger partial charge in [-0.25, -0.2) is 9.78 Å². The zero-order chi connectivity index (χ0) is 22.3. The number of hydrogen-bond donors (Lipinski definition) is 2. The highest BCUT2D eigenvalue weighted by Crippen LogP contribution is 2.26. The predicted octanol–water partition coefficient (Wildman–Crippen LogP) is 5.08. The summed E-state index contributed by atoms with van der Waals surface area (Å²) < 4.78 is 6.31. The van der Waals surface area contributed by atoms with E-state index in [0.29, 0.717) is 11.6 Å². The smallest absolute Gasteiger partial charge is 0.408 e. The summed E-state index contributed by atoms with van der Waals surface area (Å²) in [5.41, 5.74) is 3.75. The number of carbonyl (C=O) groups is 2. The SMILES string of the molecule is Cc1ccc2nc(NC(=O)[C@@H](Cc3ccccc3)NC(=O)OCc3ccccc3)sc2c1. The van der Waals surface area contributed by atoms with Gasteiger partial charge < -0.3 is 15.4 Å². The lowest BCUT2D eigenvalue weighted by atomic mass is 10.1. The number of aryl methyl sites for hydroxylation is 1. The van der Waals surface area contributed by atoms with Crippen LogP contribution in [0, 0.1) is 6.92 Å². The van der Waals surface area contributed by atoms with E-state index in [1.807, 2.05) is 85.8 Å². The van der Waals surface area contributed by atoms with Gasteiger partial charge in [-0.05, 0) is 35.7 Å². The van der Waals surface area contributed by atoms with Crippen molar-refractivity contribution < 1.29 is 14.3 Å². The minimum Gasteiger partial charge on any atom is -0.445 e. The van der Waals surface area contributed by atoms with Crippen LogP contribution in [0.25, 0.3) is 10.2 Å². The summed E-state index contributed by atoms with van der Waals surface area (Å²) in [4.78, 5) is 30.0. The number of rotatable bonds is 7. The molecule has 3 aromatic carbocycles. The minimum absolute atomic E-state index is 0.129. The van der Waals surface area contributed by atoms with E-state index in [2.05, 4.69) is 15.6 Å². The first-order chi connectivity index (χ1) is 15.6. The molecule has 1 heterocycles. The molecule has 0 saturated carbocycles. The Morgan fingerprint density at radius 3 is 2.38 bits per heavy atom. The number of anilines is 1. The number of thiazole rings is 1. The Hall–Kier alpha value is -3.71. The first-order valence-electron chi connectivity index (χ1n) is 10.3. The van der Waals surface area contributed by atoms with Gasteiger partial charge in [0, 0.05) is 6.42 Å². The normalized spacial score (nSPS) is 11.7. The maximum Gasteiger partial charge on any atom is 0.408 e. The van der Waals surface area contributed by atoms with Crippen molar-refractivity contribution in [3.05, 3.63) is 95.6 Å². The van der Waals surface area contributed by atoms with E-state index in [1.165, 1.54) is 11.3 Å². The molecule has 0 radical (unpaired) electrons. The minimum atomic E-state index is -0.811. The van der Waals surface area contributed by atoms with E-state index < -0.39 is 12.1 Å². The predicted molar refractivity (Wildman–Crippen MR) is 127 cm³/mol. The average Bonchev–Trinajstić information content (AvgIpc) is 3.20. The van der Waals surface area contributed by atoms with Crippen LogP contribution in [0.2, 0.25) is 0 Å². The lowest BCUT2D eigenvalue weighted by Crippen LogP contribution is -2.45. The number of ether oxygens (including phenoxy) is 1. The Kier molecular flexibility index (Phi) is 6.77. The molecule has 4 rings (SSSR count). The Morgan fingerprint density at radius 2 is 1.66 bits per heavy atom. The van der Waals surface area contributed by atoms with Gasteiger partial charge in [-0.15, -0.1) is 0 Å². The van der Waals surface area contributed by atoms with Gasteiger partial charge >= 0.3 is 6.09 Å². The molecule has 6 nitrogen and oxygen atoms in total. The van der Waals surface area contributed by atoms with Crippen LogP contribution < -0.4 is 10.6 Å². The van der Waals surface area contributed by atoms with Gasteiger partial charge in [-0.2, -0.15) is 0 Å². The molecule has 2 amide bonds. The Labute approximate surface area is 190 Å². The Balaban J connectivity index is 1.45. The number of fused-ring (bicyclic) bond motifs is 1. The van der Waals surface area contributed by atoms with Crippen LogP contribution in [-0.4, -0.2) is 23.0 Å². The third-order valence-corrected chi connectivity index (χ3v) is 5.81. The summed E-state index contributed by atoms with van der Waals surface area (Å²) in [6.07, 6.45) is -0.318. The highest BCUT2D eigenvalue weighted by atomic mass is 32.1. The van der Waals surface area contributed by atoms with E-state index in [9.17, 15) is 9.59 Å². The summed E-state index contributed by atoms with van der Waals surface area (Å²) >= 11 is 1.40. The molecule has 0 saturated heterocycles. The van der Waals surface area contributed by atoms with Gasteiger partial charge in [0.05, 0.1) is 10.2 Å². The van der Waals surface area contributed by atoms with Crippen molar-refractivity contribution in [1.82, 2.24) is 10.3 Å². The fourth-order valence-corrected chi connectivity index (χ4v) is 4.21. The highest BCUT2D eigenvalue weighted by Gasteiger charge is 2.23. The number of benzene rings is 3. The molecule has 0 aliphatic carbocycles. The largest absolute Gasteiger partial charge is 0.445 e. The maximum absolute atomic E-state index is 13.1. The molecule has 0 bridgehead atoms. The molecule has 1 aromatic heterocycles. The van der Waals surface area contributed by atoms with Crippen LogP contribution >= 0.6 is 11.3 Å². The molecular weight excluding hydrogens is 422 g/mol. The number of carbonyl (C=O) groups excluding carboxylic acids is 2. The number of amides is 2. The molecular formula is C25H23N3O3S. The second-order valence-electron chi connectivity index (χ2n) is 7.43. The number of nitrogens with one attached hydrogen (secondary N) is 2. The standard InChI is InChI=1S/C25H23N3O3S/c1-17-12-13-20-22(14-17)32-24(26-20)28-23(29)21(15-18-8-4-2-5-9-18)27-25(30)31-16-19-10-6-3-7-11-19/h2-14,21H,15-16H2,1H3,(H,27,30)(H,26,28,29)/t21-/m1/s1. The van der Waals surface area contributed by atoms with Crippen molar-refractivity contribution in [2.45, 2.75) is 26.0 Å². The summed E-state index contributed by atoms with van der Waals surface area (Å²) in [7, 11) is 0. The van der Waals surface area contributed by atoms with Gasteiger partial charge in [0.1, 0.15) is 12.6 Å². The van der Waals surface area contributed by atoms with E-state index >= 15 is 0 Å². The lowest BCUT2D eigenvalue weighted by Gasteiger charge is -2.18. The molecule has 162 valence electrons. The number of hydrogen-bond acceptors (Lipinski definition) is 5. The molecule has 7 heteroatoms. The maximum atomic E-state index is 13.1. The van der Waals surface area contributed by atoms with E-state index in [1.54, 1.807) is 0 Å². The van der Waals surface area contributed by atoms with Crippen LogP contribution in [0.1, 0.15) is 16.7 Å². The molecule has 0 aliphatic rings. The van der Waals surface area contributed by atoms with Crippen molar-refractivity contribution in [2.75, 3.05) is 5.32 Å². The zero-order valence-corrected chi connectivity index (χ0v) is 18.4. The van der Waals surface area contributed by atoms with Gasteiger partial charge in [0.2, 0.25) is 5.91 Å². The molecule has 0 fully saturated rings. The number of alkyl carbamates (subject to hydrolysis) is 1. The van der Waals surface area contributed by atoms with E-state index in [4.69, 9.17) is 4.74 Å². The zero-order valence-electron chi connectivity index (χ0n) is 17.6. The van der Waals surface area contributed by atoms with Crippen LogP contribution in [0.3, 0.4) is 0 Å².